The van der Waals surface area contributed by atoms with Crippen molar-refractivity contribution in [2.75, 3.05) is 0 Å². The molecule has 4 rings (SSSR count). The minimum absolute atomic E-state index is 0.663. The van der Waals surface area contributed by atoms with Crippen molar-refractivity contribution in [1.29, 1.82) is 0 Å². The molecule has 0 amide bonds. The summed E-state index contributed by atoms with van der Waals surface area (Å²) in [7, 11) is 0. The number of hydrogen-bond acceptors (Lipinski definition) is 1. The Bertz CT molecular complexity index is 1010. The van der Waals surface area contributed by atoms with Gasteiger partial charge in [0, 0.05) is 31.8 Å². The summed E-state index contributed by atoms with van der Waals surface area (Å²) in [5.74, 6) is 0.756. The van der Waals surface area contributed by atoms with E-state index >= 15 is 0 Å². The van der Waals surface area contributed by atoms with Gasteiger partial charge in [0.2, 0.25) is 0 Å². The van der Waals surface area contributed by atoms with Gasteiger partial charge in [-0.3, -0.25) is 0 Å². The van der Waals surface area contributed by atoms with E-state index in [-0.39, 0.29) is 0 Å². The van der Waals surface area contributed by atoms with Gasteiger partial charge in [-0.1, -0.05) is 59.1 Å². The molecular weight excluding hydrogens is 387 g/mol. The number of halogens is 3. The lowest BCUT2D eigenvalue weighted by molar-refractivity contribution is 1.31. The minimum Gasteiger partial charge on any atom is -0.337 e. The van der Waals surface area contributed by atoms with Gasteiger partial charge < -0.3 is 4.98 Å². The van der Waals surface area contributed by atoms with E-state index in [0.29, 0.717) is 15.1 Å². The Labute approximate surface area is 166 Å². The first-order chi connectivity index (χ1) is 12.6. The van der Waals surface area contributed by atoms with Crippen LogP contribution < -0.4 is 0 Å². The normalized spacial score (nSPS) is 10.9. The van der Waals surface area contributed by atoms with Crippen LogP contribution in [-0.4, -0.2) is 9.97 Å². The first kappa shape index (κ1) is 17.2. The summed E-state index contributed by atoms with van der Waals surface area (Å²) in [6.45, 7) is 0. The molecule has 0 radical (unpaired) electrons. The Morgan fingerprint density at radius 3 is 1.88 bits per heavy atom. The predicted octanol–water partition coefficient (Wildman–Crippen LogP) is 7.37. The van der Waals surface area contributed by atoms with E-state index in [1.165, 1.54) is 0 Å². The quantitative estimate of drug-likeness (QED) is 0.383. The number of rotatable bonds is 3. The standard InChI is InChI=1S/C21H13Cl3N2/c22-16-9-7-13(8-10-16)21-25-19(14-3-1-5-17(23)11-14)20(26-21)15-4-2-6-18(24)12-15/h1-12H,(H,25,26). The van der Waals surface area contributed by atoms with Crippen molar-refractivity contribution < 1.29 is 0 Å². The van der Waals surface area contributed by atoms with Crippen molar-refractivity contribution in [3.63, 3.8) is 0 Å². The summed E-state index contributed by atoms with van der Waals surface area (Å²) in [5.41, 5.74) is 4.55. The summed E-state index contributed by atoms with van der Waals surface area (Å²) in [6, 6.07) is 22.9. The molecule has 4 aromatic rings. The van der Waals surface area contributed by atoms with Crippen molar-refractivity contribution in [2.45, 2.75) is 0 Å². The molecule has 0 aliphatic rings. The largest absolute Gasteiger partial charge is 0.337 e. The number of aromatic nitrogens is 2. The molecule has 0 atom stereocenters. The summed E-state index contributed by atoms with van der Waals surface area (Å²) in [5, 5.41) is 2.02. The lowest BCUT2D eigenvalue weighted by atomic mass is 10.1. The van der Waals surface area contributed by atoms with Crippen LogP contribution in [0.25, 0.3) is 33.9 Å². The zero-order valence-corrected chi connectivity index (χ0v) is 15.8. The van der Waals surface area contributed by atoms with Crippen molar-refractivity contribution in [3.05, 3.63) is 87.9 Å². The van der Waals surface area contributed by atoms with E-state index in [0.717, 1.165) is 33.9 Å². The van der Waals surface area contributed by atoms with Crippen LogP contribution in [0.2, 0.25) is 15.1 Å². The second kappa shape index (κ2) is 7.16. The van der Waals surface area contributed by atoms with Crippen molar-refractivity contribution in [2.24, 2.45) is 0 Å². The molecule has 0 aliphatic carbocycles. The number of hydrogen-bond donors (Lipinski definition) is 1. The molecule has 0 aliphatic heterocycles. The number of aromatic amines is 1. The van der Waals surface area contributed by atoms with Gasteiger partial charge in [-0.05, 0) is 48.5 Å². The number of nitrogens with one attached hydrogen (secondary N) is 1. The second-order valence-electron chi connectivity index (χ2n) is 5.84. The maximum atomic E-state index is 6.19. The molecule has 0 unspecified atom stereocenters. The van der Waals surface area contributed by atoms with Crippen molar-refractivity contribution >= 4 is 34.8 Å². The van der Waals surface area contributed by atoms with Gasteiger partial charge >= 0.3 is 0 Å². The van der Waals surface area contributed by atoms with Gasteiger partial charge in [-0.15, -0.1) is 0 Å². The average Bonchev–Trinajstić information content (AvgIpc) is 3.08. The monoisotopic (exact) mass is 398 g/mol. The fraction of sp³-hybridized carbons (Fsp3) is 0. The molecule has 0 fully saturated rings. The number of benzene rings is 3. The van der Waals surface area contributed by atoms with Gasteiger partial charge in [-0.25, -0.2) is 4.98 Å². The van der Waals surface area contributed by atoms with Gasteiger partial charge in [0.15, 0.2) is 0 Å². The highest BCUT2D eigenvalue weighted by molar-refractivity contribution is 6.31. The smallest absolute Gasteiger partial charge is 0.138 e. The SMILES string of the molecule is Clc1ccc(-c2nc(-c3cccc(Cl)c3)c(-c3cccc(Cl)c3)[nH]2)cc1. The molecule has 2 nitrogen and oxygen atoms in total. The first-order valence-electron chi connectivity index (χ1n) is 7.98. The third-order valence-corrected chi connectivity index (χ3v) is 4.75. The van der Waals surface area contributed by atoms with Crippen LogP contribution in [0.5, 0.6) is 0 Å². The predicted molar refractivity (Wildman–Crippen MR) is 110 cm³/mol. The lowest BCUT2D eigenvalue weighted by Gasteiger charge is -2.04. The molecule has 1 N–H and O–H groups in total. The van der Waals surface area contributed by atoms with Crippen LogP contribution in [0, 0.1) is 0 Å². The topological polar surface area (TPSA) is 28.7 Å². The number of imidazole rings is 1. The van der Waals surface area contributed by atoms with Gasteiger partial charge in [0.25, 0.3) is 0 Å². The molecule has 0 saturated heterocycles. The van der Waals surface area contributed by atoms with E-state index in [1.807, 2.05) is 72.8 Å². The van der Waals surface area contributed by atoms with Crippen LogP contribution >= 0.6 is 34.8 Å². The highest BCUT2D eigenvalue weighted by atomic mass is 35.5. The molecular formula is C21H13Cl3N2. The summed E-state index contributed by atoms with van der Waals surface area (Å²) in [4.78, 5) is 8.25. The molecule has 0 bridgehead atoms. The molecule has 128 valence electrons. The third kappa shape index (κ3) is 3.49. The zero-order valence-electron chi connectivity index (χ0n) is 13.5. The Morgan fingerprint density at radius 2 is 1.23 bits per heavy atom. The Kier molecular flexibility index (Phi) is 4.73. The van der Waals surface area contributed by atoms with E-state index in [2.05, 4.69) is 4.98 Å². The van der Waals surface area contributed by atoms with E-state index in [1.54, 1.807) is 0 Å². The van der Waals surface area contributed by atoms with Crippen LogP contribution in [0.4, 0.5) is 0 Å². The number of H-pyrrole nitrogens is 1. The summed E-state index contributed by atoms with van der Waals surface area (Å²) >= 11 is 18.4. The molecule has 0 spiro atoms. The second-order valence-corrected chi connectivity index (χ2v) is 7.15. The van der Waals surface area contributed by atoms with E-state index in [4.69, 9.17) is 39.8 Å². The Balaban J connectivity index is 1.92. The van der Waals surface area contributed by atoms with E-state index in [9.17, 15) is 0 Å². The van der Waals surface area contributed by atoms with Crippen LogP contribution in [0.15, 0.2) is 72.8 Å². The molecule has 26 heavy (non-hydrogen) atoms. The lowest BCUT2D eigenvalue weighted by Crippen LogP contribution is -1.84. The fourth-order valence-corrected chi connectivity index (χ4v) is 3.32. The average molecular weight is 400 g/mol. The fourth-order valence-electron chi connectivity index (χ4n) is 2.82. The molecule has 5 heteroatoms. The Morgan fingerprint density at radius 1 is 0.615 bits per heavy atom. The van der Waals surface area contributed by atoms with Gasteiger partial charge in [-0.2, -0.15) is 0 Å². The van der Waals surface area contributed by atoms with Crippen molar-refractivity contribution in [3.8, 4) is 33.9 Å². The molecule has 1 aromatic heterocycles. The van der Waals surface area contributed by atoms with Crippen molar-refractivity contribution in [1.82, 2.24) is 9.97 Å². The maximum Gasteiger partial charge on any atom is 0.138 e. The van der Waals surface area contributed by atoms with Crippen LogP contribution in [0.3, 0.4) is 0 Å². The van der Waals surface area contributed by atoms with Gasteiger partial charge in [0.1, 0.15) is 5.82 Å². The summed E-state index contributed by atoms with van der Waals surface area (Å²) in [6.07, 6.45) is 0. The highest BCUT2D eigenvalue weighted by Gasteiger charge is 2.16. The highest BCUT2D eigenvalue weighted by Crippen LogP contribution is 2.35. The molecule has 3 aromatic carbocycles. The zero-order chi connectivity index (χ0) is 18.1. The third-order valence-electron chi connectivity index (χ3n) is 4.03. The van der Waals surface area contributed by atoms with Gasteiger partial charge in [0.05, 0.1) is 11.4 Å². The van der Waals surface area contributed by atoms with E-state index < -0.39 is 0 Å². The first-order valence-corrected chi connectivity index (χ1v) is 9.11. The molecule has 0 saturated carbocycles. The molecule has 1 heterocycles. The number of nitrogens with zero attached hydrogens (tertiary/aromatic N) is 1. The summed E-state index contributed by atoms with van der Waals surface area (Å²) < 4.78 is 0. The van der Waals surface area contributed by atoms with Crippen LogP contribution in [-0.2, 0) is 0 Å². The minimum atomic E-state index is 0.663. The Hall–Kier alpha value is -2.26. The maximum absolute atomic E-state index is 6.19. The van der Waals surface area contributed by atoms with Crippen LogP contribution in [0.1, 0.15) is 0 Å².